The molecule has 2 N–H and O–H groups in total. The molecule has 2 aromatic carbocycles. The summed E-state index contributed by atoms with van der Waals surface area (Å²) in [5.74, 6) is 1.40. The van der Waals surface area contributed by atoms with Crippen molar-refractivity contribution in [1.29, 1.82) is 0 Å². The van der Waals surface area contributed by atoms with Crippen LogP contribution in [0.5, 0.6) is 11.5 Å². The maximum atomic E-state index is 10.0. The standard InChI is InChI=1S/C27H36O8/c1-27(2,19-3-7-23(8-4-19)32-13-21(28)11-30-15-25-17-34-25)20-5-9-24(10-6-20)33-14-22(29)12-31-16-26-18-35-26/h3-10,21-22,25-26,28-29H,11-18H2,1-2H3. The Balaban J connectivity index is 1.21. The van der Waals surface area contributed by atoms with Crippen LogP contribution in [-0.4, -0.2) is 87.5 Å². The molecular weight excluding hydrogens is 452 g/mol. The molecule has 4 atom stereocenters. The van der Waals surface area contributed by atoms with Crippen molar-refractivity contribution in [2.75, 3.05) is 52.9 Å². The smallest absolute Gasteiger partial charge is 0.119 e. The summed E-state index contributed by atoms with van der Waals surface area (Å²) in [6.45, 7) is 7.64. The average molecular weight is 489 g/mol. The van der Waals surface area contributed by atoms with Gasteiger partial charge in [0.15, 0.2) is 0 Å². The van der Waals surface area contributed by atoms with E-state index in [1.54, 1.807) is 0 Å². The van der Waals surface area contributed by atoms with E-state index in [1.165, 1.54) is 0 Å². The Bertz CT molecular complexity index is 817. The van der Waals surface area contributed by atoms with E-state index in [9.17, 15) is 10.2 Å². The van der Waals surface area contributed by atoms with Gasteiger partial charge in [-0.3, -0.25) is 0 Å². The molecule has 8 heteroatoms. The second-order valence-electron chi connectivity index (χ2n) is 9.59. The van der Waals surface area contributed by atoms with Crippen molar-refractivity contribution in [3.63, 3.8) is 0 Å². The van der Waals surface area contributed by atoms with Crippen LogP contribution in [0, 0.1) is 0 Å². The zero-order valence-electron chi connectivity index (χ0n) is 20.4. The SMILES string of the molecule is CC(C)(c1ccc(OCC(O)COCC2CO2)cc1)c1ccc(OCC(O)COCC2CO2)cc1. The Hall–Kier alpha value is -2.20. The monoisotopic (exact) mass is 488 g/mol. The molecule has 4 unspecified atom stereocenters. The molecule has 2 aromatic rings. The number of benzene rings is 2. The van der Waals surface area contributed by atoms with Crippen molar-refractivity contribution >= 4 is 0 Å². The van der Waals surface area contributed by atoms with E-state index in [2.05, 4.69) is 13.8 Å². The summed E-state index contributed by atoms with van der Waals surface area (Å²) in [7, 11) is 0. The van der Waals surface area contributed by atoms with E-state index in [0.29, 0.717) is 24.7 Å². The van der Waals surface area contributed by atoms with Crippen LogP contribution in [0.25, 0.3) is 0 Å². The Morgan fingerprint density at radius 2 is 1.09 bits per heavy atom. The van der Waals surface area contributed by atoms with Crippen molar-refractivity contribution in [2.45, 2.75) is 43.7 Å². The van der Waals surface area contributed by atoms with Gasteiger partial charge < -0.3 is 38.6 Å². The largest absolute Gasteiger partial charge is 0.491 e. The molecule has 0 amide bonds. The van der Waals surface area contributed by atoms with Crippen LogP contribution >= 0.6 is 0 Å². The third kappa shape index (κ3) is 8.45. The van der Waals surface area contributed by atoms with Gasteiger partial charge in [-0.1, -0.05) is 38.1 Å². The van der Waals surface area contributed by atoms with Gasteiger partial charge in [0.25, 0.3) is 0 Å². The number of aliphatic hydroxyl groups excluding tert-OH is 2. The minimum absolute atomic E-state index is 0.172. The third-order valence-electron chi connectivity index (χ3n) is 6.07. The molecule has 4 rings (SSSR count). The molecule has 2 fully saturated rings. The fourth-order valence-electron chi connectivity index (χ4n) is 3.58. The van der Waals surface area contributed by atoms with Crippen LogP contribution in [0.3, 0.4) is 0 Å². The summed E-state index contributed by atoms with van der Waals surface area (Å²) < 4.78 is 32.3. The van der Waals surface area contributed by atoms with E-state index in [1.807, 2.05) is 48.5 Å². The lowest BCUT2D eigenvalue weighted by molar-refractivity contribution is 0.00759. The number of aliphatic hydroxyl groups is 2. The zero-order chi connectivity index (χ0) is 24.7. The van der Waals surface area contributed by atoms with E-state index in [4.69, 9.17) is 28.4 Å². The first-order valence-electron chi connectivity index (χ1n) is 12.1. The van der Waals surface area contributed by atoms with Crippen molar-refractivity contribution in [1.82, 2.24) is 0 Å². The van der Waals surface area contributed by atoms with Gasteiger partial charge in [0.2, 0.25) is 0 Å². The predicted molar refractivity (Wildman–Crippen MR) is 129 cm³/mol. The number of rotatable bonds is 16. The van der Waals surface area contributed by atoms with Gasteiger partial charge in [-0.2, -0.15) is 0 Å². The minimum Gasteiger partial charge on any atom is -0.491 e. The van der Waals surface area contributed by atoms with Gasteiger partial charge in [-0.25, -0.2) is 0 Å². The highest BCUT2D eigenvalue weighted by atomic mass is 16.6. The normalized spacial score (nSPS) is 20.8. The lowest BCUT2D eigenvalue weighted by atomic mass is 9.78. The molecule has 2 aliphatic heterocycles. The average Bonchev–Trinajstić information content (AvgIpc) is 3.78. The molecule has 2 saturated heterocycles. The van der Waals surface area contributed by atoms with Crippen LogP contribution in [0.2, 0.25) is 0 Å². The van der Waals surface area contributed by atoms with Gasteiger partial charge >= 0.3 is 0 Å². The molecular formula is C27H36O8. The Morgan fingerprint density at radius 1 is 0.714 bits per heavy atom. The summed E-state index contributed by atoms with van der Waals surface area (Å²) >= 11 is 0. The summed E-state index contributed by atoms with van der Waals surface area (Å²) in [6.07, 6.45) is -0.991. The summed E-state index contributed by atoms with van der Waals surface area (Å²) in [6, 6.07) is 15.8. The van der Waals surface area contributed by atoms with Crippen LogP contribution < -0.4 is 9.47 Å². The molecule has 0 bridgehead atoms. The van der Waals surface area contributed by atoms with Gasteiger partial charge in [-0.05, 0) is 35.4 Å². The lowest BCUT2D eigenvalue weighted by Crippen LogP contribution is -2.24. The molecule has 0 saturated carbocycles. The highest BCUT2D eigenvalue weighted by molar-refractivity contribution is 5.41. The first-order valence-corrected chi connectivity index (χ1v) is 12.1. The molecule has 0 aliphatic carbocycles. The molecule has 35 heavy (non-hydrogen) atoms. The lowest BCUT2D eigenvalue weighted by Gasteiger charge is -2.26. The highest BCUT2D eigenvalue weighted by Crippen LogP contribution is 2.33. The van der Waals surface area contributed by atoms with Crippen LogP contribution in [0.4, 0.5) is 0 Å². The molecule has 2 aliphatic rings. The van der Waals surface area contributed by atoms with Gasteiger partial charge in [0, 0.05) is 5.41 Å². The van der Waals surface area contributed by atoms with Crippen molar-refractivity contribution in [3.8, 4) is 11.5 Å². The number of epoxide rings is 2. The third-order valence-corrected chi connectivity index (χ3v) is 6.07. The molecule has 192 valence electrons. The van der Waals surface area contributed by atoms with E-state index < -0.39 is 12.2 Å². The Labute approximate surface area is 206 Å². The van der Waals surface area contributed by atoms with Crippen molar-refractivity contribution in [2.24, 2.45) is 0 Å². The maximum Gasteiger partial charge on any atom is 0.119 e. The molecule has 0 radical (unpaired) electrons. The second-order valence-corrected chi connectivity index (χ2v) is 9.59. The minimum atomic E-state index is -0.684. The summed E-state index contributed by atoms with van der Waals surface area (Å²) in [5, 5.41) is 20.0. The van der Waals surface area contributed by atoms with Gasteiger partial charge in [0.05, 0.1) is 39.6 Å². The van der Waals surface area contributed by atoms with E-state index in [0.717, 1.165) is 24.3 Å². The number of hydrogen-bond donors (Lipinski definition) is 2. The fraction of sp³-hybridized carbons (Fsp3) is 0.556. The van der Waals surface area contributed by atoms with Gasteiger partial charge in [0.1, 0.15) is 49.1 Å². The molecule has 0 spiro atoms. The fourth-order valence-corrected chi connectivity index (χ4v) is 3.58. The predicted octanol–water partition coefficient (Wildman–Crippen LogP) is 2.32. The van der Waals surface area contributed by atoms with Crippen molar-refractivity contribution < 1.29 is 38.6 Å². The Kier molecular flexibility index (Phi) is 8.99. The Morgan fingerprint density at radius 3 is 1.43 bits per heavy atom. The second kappa shape index (κ2) is 12.2. The highest BCUT2D eigenvalue weighted by Gasteiger charge is 2.25. The topological polar surface area (TPSA) is 102 Å². The van der Waals surface area contributed by atoms with Gasteiger partial charge in [-0.15, -0.1) is 0 Å². The maximum absolute atomic E-state index is 10.0. The summed E-state index contributed by atoms with van der Waals surface area (Å²) in [5.41, 5.74) is 2.05. The zero-order valence-corrected chi connectivity index (χ0v) is 20.4. The first kappa shape index (κ1) is 25.9. The number of ether oxygens (including phenoxy) is 6. The molecule has 8 nitrogen and oxygen atoms in total. The molecule has 0 aromatic heterocycles. The molecule has 2 heterocycles. The summed E-state index contributed by atoms with van der Waals surface area (Å²) in [4.78, 5) is 0. The number of hydrogen-bond acceptors (Lipinski definition) is 8. The van der Waals surface area contributed by atoms with Crippen molar-refractivity contribution in [3.05, 3.63) is 59.7 Å². The van der Waals surface area contributed by atoms with Crippen LogP contribution in [0.1, 0.15) is 25.0 Å². The van der Waals surface area contributed by atoms with Crippen LogP contribution in [0.15, 0.2) is 48.5 Å². The van der Waals surface area contributed by atoms with E-state index in [-0.39, 0.29) is 44.1 Å². The quantitative estimate of drug-likeness (QED) is 0.347. The first-order chi connectivity index (χ1) is 16.9. The van der Waals surface area contributed by atoms with E-state index >= 15 is 0 Å². The van der Waals surface area contributed by atoms with Crippen LogP contribution in [-0.2, 0) is 24.4 Å².